The minimum Gasteiger partial charge on any atom is -0.508 e. The number of non-ortho nitro benzene ring substituents is 1. The Kier molecular flexibility index (Phi) is 6.04. The molecule has 0 radical (unpaired) electrons. The van der Waals surface area contributed by atoms with Crippen molar-refractivity contribution in [3.05, 3.63) is 63.0 Å². The van der Waals surface area contributed by atoms with Gasteiger partial charge in [-0.2, -0.15) is 0 Å². The zero-order chi connectivity index (χ0) is 22.0. The smallest absolute Gasteiger partial charge is 0.269 e. The molecule has 1 fully saturated rings. The van der Waals surface area contributed by atoms with Gasteiger partial charge in [-0.05, 0) is 37.3 Å². The molecule has 1 aliphatic rings. The summed E-state index contributed by atoms with van der Waals surface area (Å²) in [7, 11) is 0. The highest BCUT2D eigenvalue weighted by Crippen LogP contribution is 2.36. The van der Waals surface area contributed by atoms with E-state index in [0.29, 0.717) is 11.3 Å². The monoisotopic (exact) mass is 445 g/mol. The molecule has 1 saturated heterocycles. The molecule has 0 aliphatic carbocycles. The van der Waals surface area contributed by atoms with Crippen LogP contribution < -0.4 is 5.32 Å². The Labute approximate surface area is 180 Å². The van der Waals surface area contributed by atoms with Crippen LogP contribution in [0.5, 0.6) is 11.5 Å². The van der Waals surface area contributed by atoms with Crippen LogP contribution in [0, 0.1) is 10.1 Å². The highest BCUT2D eigenvalue weighted by molar-refractivity contribution is 8.26. The number of benzene rings is 2. The summed E-state index contributed by atoms with van der Waals surface area (Å²) in [5, 5.41) is 32.6. The number of anilines is 1. The van der Waals surface area contributed by atoms with Crippen molar-refractivity contribution in [1.29, 1.82) is 0 Å². The predicted octanol–water partition coefficient (Wildman–Crippen LogP) is 3.23. The summed E-state index contributed by atoms with van der Waals surface area (Å²) in [6.45, 7) is 1.51. The molecule has 30 heavy (non-hydrogen) atoms. The van der Waals surface area contributed by atoms with Crippen LogP contribution in [0.15, 0.2) is 47.4 Å². The molecule has 11 heteroatoms. The Morgan fingerprint density at radius 3 is 2.53 bits per heavy atom. The number of carbonyl (C=O) groups is 2. The van der Waals surface area contributed by atoms with Gasteiger partial charge in [0.15, 0.2) is 0 Å². The van der Waals surface area contributed by atoms with Crippen molar-refractivity contribution >= 4 is 57.6 Å². The Bertz CT molecular complexity index is 1080. The van der Waals surface area contributed by atoms with E-state index in [1.165, 1.54) is 49.4 Å². The molecule has 3 rings (SSSR count). The van der Waals surface area contributed by atoms with Crippen molar-refractivity contribution in [2.24, 2.45) is 0 Å². The van der Waals surface area contributed by atoms with Crippen molar-refractivity contribution in [2.45, 2.75) is 13.0 Å². The molecule has 0 bridgehead atoms. The van der Waals surface area contributed by atoms with E-state index in [1.807, 2.05) is 0 Å². The number of phenolic OH excluding ortho intramolecular Hbond substituents is 2. The van der Waals surface area contributed by atoms with Gasteiger partial charge in [-0.1, -0.05) is 24.0 Å². The van der Waals surface area contributed by atoms with E-state index < -0.39 is 22.8 Å². The number of nitro groups is 1. The summed E-state index contributed by atoms with van der Waals surface area (Å²) in [6, 6.07) is 8.31. The summed E-state index contributed by atoms with van der Waals surface area (Å²) in [5.41, 5.74) is 0.546. The maximum atomic E-state index is 12.8. The third-order valence-corrected chi connectivity index (χ3v) is 5.57. The fourth-order valence-electron chi connectivity index (χ4n) is 2.64. The average Bonchev–Trinajstić information content (AvgIpc) is 2.97. The van der Waals surface area contributed by atoms with Crippen molar-refractivity contribution in [2.75, 3.05) is 5.32 Å². The molecular weight excluding hydrogens is 430 g/mol. The number of phenols is 2. The Morgan fingerprint density at radius 1 is 1.27 bits per heavy atom. The van der Waals surface area contributed by atoms with Gasteiger partial charge in [-0.3, -0.25) is 24.6 Å². The second kappa shape index (κ2) is 8.51. The van der Waals surface area contributed by atoms with E-state index in [-0.39, 0.29) is 26.4 Å². The number of nitrogens with one attached hydrogen (secondary N) is 1. The maximum absolute atomic E-state index is 12.8. The number of amides is 2. The Balaban J connectivity index is 1.75. The number of aromatic hydroxyl groups is 2. The number of hydrogen-bond acceptors (Lipinski definition) is 8. The van der Waals surface area contributed by atoms with Crippen molar-refractivity contribution in [1.82, 2.24) is 4.90 Å². The lowest BCUT2D eigenvalue weighted by atomic mass is 10.1. The molecule has 9 nitrogen and oxygen atoms in total. The van der Waals surface area contributed by atoms with E-state index in [9.17, 15) is 29.9 Å². The quantitative estimate of drug-likeness (QED) is 0.276. The fourth-order valence-corrected chi connectivity index (χ4v) is 4.05. The first-order valence-electron chi connectivity index (χ1n) is 8.51. The van der Waals surface area contributed by atoms with E-state index in [2.05, 4.69) is 5.32 Å². The van der Waals surface area contributed by atoms with E-state index >= 15 is 0 Å². The number of carbonyl (C=O) groups excluding carboxylic acids is 2. The van der Waals surface area contributed by atoms with Crippen molar-refractivity contribution < 1.29 is 24.7 Å². The van der Waals surface area contributed by atoms with Crippen LogP contribution in [-0.2, 0) is 9.59 Å². The van der Waals surface area contributed by atoms with Gasteiger partial charge >= 0.3 is 0 Å². The molecule has 154 valence electrons. The second-order valence-electron chi connectivity index (χ2n) is 6.26. The Morgan fingerprint density at radius 2 is 1.93 bits per heavy atom. The fraction of sp³-hybridized carbons (Fsp3) is 0.105. The lowest BCUT2D eigenvalue weighted by Crippen LogP contribution is -2.44. The van der Waals surface area contributed by atoms with Crippen LogP contribution in [0.25, 0.3) is 6.08 Å². The molecule has 0 saturated carbocycles. The van der Waals surface area contributed by atoms with Gasteiger partial charge in [-0.25, -0.2) is 0 Å². The largest absolute Gasteiger partial charge is 0.508 e. The van der Waals surface area contributed by atoms with Crippen LogP contribution in [0.1, 0.15) is 12.5 Å². The van der Waals surface area contributed by atoms with Crippen LogP contribution in [0.3, 0.4) is 0 Å². The van der Waals surface area contributed by atoms with Crippen LogP contribution >= 0.6 is 24.0 Å². The molecule has 1 atom stereocenters. The predicted molar refractivity (Wildman–Crippen MR) is 116 cm³/mol. The van der Waals surface area contributed by atoms with E-state index in [1.54, 1.807) is 0 Å². The normalized spacial score (nSPS) is 16.0. The van der Waals surface area contributed by atoms with Crippen molar-refractivity contribution in [3.8, 4) is 11.5 Å². The van der Waals surface area contributed by atoms with Gasteiger partial charge in [0.1, 0.15) is 21.9 Å². The first kappa shape index (κ1) is 21.3. The summed E-state index contributed by atoms with van der Waals surface area (Å²) >= 11 is 6.23. The third-order valence-electron chi connectivity index (χ3n) is 4.24. The van der Waals surface area contributed by atoms with Gasteiger partial charge < -0.3 is 15.5 Å². The number of thioether (sulfide) groups is 1. The first-order valence-corrected chi connectivity index (χ1v) is 9.74. The molecule has 3 N–H and O–H groups in total. The molecule has 1 unspecified atom stereocenters. The molecule has 1 heterocycles. The van der Waals surface area contributed by atoms with Gasteiger partial charge in [0, 0.05) is 29.4 Å². The molecule has 2 aromatic rings. The van der Waals surface area contributed by atoms with E-state index in [4.69, 9.17) is 12.2 Å². The summed E-state index contributed by atoms with van der Waals surface area (Å²) in [4.78, 5) is 36.9. The summed E-state index contributed by atoms with van der Waals surface area (Å²) in [5.74, 6) is -1.34. The number of nitrogens with zero attached hydrogens (tertiary/aromatic N) is 2. The van der Waals surface area contributed by atoms with Gasteiger partial charge in [-0.15, -0.1) is 0 Å². The van der Waals surface area contributed by atoms with Gasteiger partial charge in [0.05, 0.1) is 9.83 Å². The SMILES string of the molecule is CC(C(=O)Nc1ccc([N+](=O)[O-])cc1)N1C(=O)/C(=C/c2ccc(O)cc2O)SC1=S. The molecule has 2 amide bonds. The standard InChI is InChI=1S/C19H15N3O6S2/c1-10(17(25)20-12-3-5-13(6-4-12)22(27)28)21-18(26)16(30-19(21)29)8-11-2-7-14(23)9-15(11)24/h2-10,23-24H,1H3,(H,20,25)/b16-8-. The van der Waals surface area contributed by atoms with Gasteiger partial charge in [0.2, 0.25) is 5.91 Å². The third kappa shape index (κ3) is 4.42. The molecule has 1 aliphatic heterocycles. The zero-order valence-electron chi connectivity index (χ0n) is 15.4. The van der Waals surface area contributed by atoms with Crippen LogP contribution in [0.2, 0.25) is 0 Å². The average molecular weight is 445 g/mol. The molecule has 0 aromatic heterocycles. The van der Waals surface area contributed by atoms with Gasteiger partial charge in [0.25, 0.3) is 11.6 Å². The summed E-state index contributed by atoms with van der Waals surface area (Å²) < 4.78 is 0.177. The van der Waals surface area contributed by atoms with Crippen LogP contribution in [0.4, 0.5) is 11.4 Å². The lowest BCUT2D eigenvalue weighted by molar-refractivity contribution is -0.384. The lowest BCUT2D eigenvalue weighted by Gasteiger charge is -2.22. The topological polar surface area (TPSA) is 133 Å². The van der Waals surface area contributed by atoms with E-state index in [0.717, 1.165) is 22.7 Å². The molecular formula is C19H15N3O6S2. The minimum absolute atomic E-state index is 0.111. The van der Waals surface area contributed by atoms with Crippen molar-refractivity contribution in [3.63, 3.8) is 0 Å². The second-order valence-corrected chi connectivity index (χ2v) is 7.94. The highest BCUT2D eigenvalue weighted by Gasteiger charge is 2.38. The Hall–Kier alpha value is -3.44. The van der Waals surface area contributed by atoms with Crippen LogP contribution in [-0.4, -0.2) is 42.2 Å². The molecule has 2 aromatic carbocycles. The number of hydrogen-bond donors (Lipinski definition) is 3. The summed E-state index contributed by atoms with van der Waals surface area (Å²) in [6.07, 6.45) is 1.43. The number of nitro benzene ring substituents is 1. The number of thiocarbonyl (C=S) groups is 1. The zero-order valence-corrected chi connectivity index (χ0v) is 17.1. The highest BCUT2D eigenvalue weighted by atomic mass is 32.2. The first-order chi connectivity index (χ1) is 14.2. The minimum atomic E-state index is -0.938. The maximum Gasteiger partial charge on any atom is 0.269 e. The molecule has 0 spiro atoms. The number of rotatable bonds is 5.